The second-order valence-electron chi connectivity index (χ2n) is 3.83. The van der Waals surface area contributed by atoms with Gasteiger partial charge in [-0.25, -0.2) is 0 Å². The van der Waals surface area contributed by atoms with E-state index >= 15 is 0 Å². The van der Waals surface area contributed by atoms with Crippen LogP contribution < -0.4 is 0 Å². The zero-order valence-corrected chi connectivity index (χ0v) is 12.6. The third kappa shape index (κ3) is 4.01. The maximum absolute atomic E-state index is 6.52. The molecule has 0 heterocycles. The van der Waals surface area contributed by atoms with E-state index in [1.807, 2.05) is 0 Å². The van der Waals surface area contributed by atoms with Gasteiger partial charge < -0.3 is 0 Å². The van der Waals surface area contributed by atoms with Gasteiger partial charge in [-0.2, -0.15) is 0 Å². The van der Waals surface area contributed by atoms with E-state index in [9.17, 15) is 0 Å². The summed E-state index contributed by atoms with van der Waals surface area (Å²) in [5, 5.41) is 0. The van der Waals surface area contributed by atoms with Crippen molar-refractivity contribution in [3.8, 4) is 0 Å². The van der Waals surface area contributed by atoms with Crippen molar-refractivity contribution in [2.45, 2.75) is 47.4 Å². The molecule has 0 nitrogen and oxygen atoms in total. The molecule has 0 aromatic rings. The third-order valence-corrected chi connectivity index (χ3v) is 16.3. The second-order valence-corrected chi connectivity index (χ2v) is 22.1. The van der Waals surface area contributed by atoms with E-state index < -0.39 is 16.1 Å². The van der Waals surface area contributed by atoms with Crippen LogP contribution in [-0.4, -0.2) is 16.1 Å². The first-order valence-electron chi connectivity index (χ1n) is 5.21. The summed E-state index contributed by atoms with van der Waals surface area (Å²) in [4.78, 5) is 0. The fourth-order valence-corrected chi connectivity index (χ4v) is 12.4. The van der Waals surface area contributed by atoms with E-state index in [2.05, 4.69) is 19.1 Å². The van der Waals surface area contributed by atoms with Crippen molar-refractivity contribution < 1.29 is 0 Å². The predicted octanol–water partition coefficient (Wildman–Crippen LogP) is 4.82. The number of allylic oxidation sites excluding steroid dienone is 2. The molecule has 1 unspecified atom stereocenters. The molecule has 0 aromatic heterocycles. The summed E-state index contributed by atoms with van der Waals surface area (Å²) in [6.07, 6.45) is 10.7. The van der Waals surface area contributed by atoms with Crippen LogP contribution in [0.2, 0.25) is 8.37 Å². The van der Waals surface area contributed by atoms with Crippen LogP contribution in [0.25, 0.3) is 0 Å². The Kier molecular flexibility index (Phi) is 5.50. The summed E-state index contributed by atoms with van der Waals surface area (Å²) in [6.45, 7) is 2.20. The van der Waals surface area contributed by atoms with Crippen LogP contribution in [0.1, 0.15) is 39.0 Å². The predicted molar refractivity (Wildman–Crippen MR) is 63.9 cm³/mol. The Hall–Kier alpha value is 1.12. The number of hydrogen-bond acceptors (Lipinski definition) is 0. The quantitative estimate of drug-likeness (QED) is 0.513. The topological polar surface area (TPSA) is 0 Å². The van der Waals surface area contributed by atoms with Crippen molar-refractivity contribution in [2.75, 3.05) is 0 Å². The van der Waals surface area contributed by atoms with E-state index in [0.29, 0.717) is 3.93 Å². The SMILES string of the molecule is CCC[CH2][Sn]([Cl])([Cl])[CH]1C=CCCC1. The first-order valence-corrected chi connectivity index (χ1v) is 16.1. The first kappa shape index (κ1) is 12.2. The molecule has 3 heteroatoms. The van der Waals surface area contributed by atoms with E-state index in [0.717, 1.165) is 4.44 Å². The Balaban J connectivity index is 2.46. The summed E-state index contributed by atoms with van der Waals surface area (Å²) >= 11 is -2.71. The van der Waals surface area contributed by atoms with Gasteiger partial charge in [0, 0.05) is 0 Å². The van der Waals surface area contributed by atoms with Crippen molar-refractivity contribution in [2.24, 2.45) is 0 Å². The molecule has 0 spiro atoms. The average molecular weight is 328 g/mol. The standard InChI is InChI=1S/C6H9.C4H9.2ClH.Sn/c1-2-4-6-5-3-1;1-3-4-2;;;/h1-3H,4-6H2;1,3-4H2,2H3;2*1H;/q;;;;+2/p-2. The Morgan fingerprint density at radius 2 is 2.23 bits per heavy atom. The Morgan fingerprint density at radius 1 is 1.46 bits per heavy atom. The average Bonchev–Trinajstić information content (AvgIpc) is 2.16. The summed E-state index contributed by atoms with van der Waals surface area (Å²) < 4.78 is 1.71. The fourth-order valence-electron chi connectivity index (χ4n) is 1.76. The van der Waals surface area contributed by atoms with Crippen molar-refractivity contribution >= 4 is 34.0 Å². The molecule has 76 valence electrons. The van der Waals surface area contributed by atoms with Gasteiger partial charge in [-0.1, -0.05) is 0 Å². The van der Waals surface area contributed by atoms with Crippen LogP contribution in [0.5, 0.6) is 0 Å². The van der Waals surface area contributed by atoms with Gasteiger partial charge in [0.25, 0.3) is 0 Å². The molecule has 13 heavy (non-hydrogen) atoms. The van der Waals surface area contributed by atoms with Crippen LogP contribution in [0.15, 0.2) is 12.2 Å². The Morgan fingerprint density at radius 3 is 2.77 bits per heavy atom. The van der Waals surface area contributed by atoms with Crippen LogP contribution in [0, 0.1) is 0 Å². The van der Waals surface area contributed by atoms with Gasteiger partial charge in [0.2, 0.25) is 0 Å². The van der Waals surface area contributed by atoms with Crippen LogP contribution >= 0.6 is 17.8 Å². The second kappa shape index (κ2) is 5.87. The molecular formula is C10H18Cl2Sn. The number of unbranched alkanes of at least 4 members (excludes halogenated alkanes) is 1. The molecule has 1 atom stereocenters. The molecule has 0 radical (unpaired) electrons. The molecule has 1 aliphatic rings. The molecule has 0 saturated heterocycles. The normalized spacial score (nSPS) is 23.5. The third-order valence-electron chi connectivity index (χ3n) is 2.66. The molecule has 1 rings (SSSR count). The zero-order chi connectivity index (χ0) is 9.73. The molecule has 0 amide bonds. The molecule has 0 aliphatic heterocycles. The van der Waals surface area contributed by atoms with Gasteiger partial charge in [0.1, 0.15) is 0 Å². The molecule has 0 aromatic carbocycles. The van der Waals surface area contributed by atoms with Gasteiger partial charge >= 0.3 is 93.5 Å². The van der Waals surface area contributed by atoms with Crippen LogP contribution in [-0.2, 0) is 0 Å². The summed E-state index contributed by atoms with van der Waals surface area (Å²) in [5.74, 6) is 0. The van der Waals surface area contributed by atoms with Crippen molar-refractivity contribution in [3.63, 3.8) is 0 Å². The van der Waals surface area contributed by atoms with Crippen molar-refractivity contribution in [3.05, 3.63) is 12.2 Å². The van der Waals surface area contributed by atoms with Gasteiger partial charge in [-0.15, -0.1) is 0 Å². The van der Waals surface area contributed by atoms with Crippen molar-refractivity contribution in [1.29, 1.82) is 0 Å². The van der Waals surface area contributed by atoms with E-state index in [4.69, 9.17) is 17.8 Å². The maximum atomic E-state index is 6.52. The summed E-state index contributed by atoms with van der Waals surface area (Å²) in [6, 6.07) is 0. The van der Waals surface area contributed by atoms with E-state index in [1.165, 1.54) is 32.1 Å². The molecule has 1 aliphatic carbocycles. The number of halogens is 2. The summed E-state index contributed by atoms with van der Waals surface area (Å²) in [5.41, 5.74) is 0. The Labute approximate surface area is 93.0 Å². The number of rotatable bonds is 4. The monoisotopic (exact) mass is 328 g/mol. The minimum atomic E-state index is -2.71. The van der Waals surface area contributed by atoms with Gasteiger partial charge in [-0.05, 0) is 0 Å². The molecular weight excluding hydrogens is 310 g/mol. The van der Waals surface area contributed by atoms with Gasteiger partial charge in [0.15, 0.2) is 0 Å². The van der Waals surface area contributed by atoms with Crippen LogP contribution in [0.3, 0.4) is 0 Å². The van der Waals surface area contributed by atoms with E-state index in [-0.39, 0.29) is 0 Å². The molecule has 0 saturated carbocycles. The molecule has 0 fully saturated rings. The van der Waals surface area contributed by atoms with Crippen molar-refractivity contribution in [1.82, 2.24) is 0 Å². The zero-order valence-electron chi connectivity index (χ0n) is 8.23. The van der Waals surface area contributed by atoms with Gasteiger partial charge in [-0.3, -0.25) is 0 Å². The minimum absolute atomic E-state index is 0.581. The fraction of sp³-hybridized carbons (Fsp3) is 0.800. The molecule has 0 N–H and O–H groups in total. The first-order chi connectivity index (χ1) is 6.17. The molecule has 0 bridgehead atoms. The summed E-state index contributed by atoms with van der Waals surface area (Å²) in [7, 11) is 13.0. The van der Waals surface area contributed by atoms with Crippen LogP contribution in [0.4, 0.5) is 0 Å². The Bertz CT molecular complexity index is 178. The van der Waals surface area contributed by atoms with E-state index in [1.54, 1.807) is 0 Å². The number of hydrogen-bond donors (Lipinski definition) is 0. The van der Waals surface area contributed by atoms with Gasteiger partial charge in [0.05, 0.1) is 0 Å².